The van der Waals surface area contributed by atoms with Crippen molar-refractivity contribution in [3.05, 3.63) is 0 Å². The van der Waals surface area contributed by atoms with Crippen molar-refractivity contribution in [2.45, 2.75) is 18.9 Å². The number of amides is 1. The lowest BCUT2D eigenvalue weighted by Gasteiger charge is -2.10. The molecule has 1 unspecified atom stereocenters. The van der Waals surface area contributed by atoms with Crippen LogP contribution in [0.2, 0.25) is 0 Å². The third-order valence-electron chi connectivity index (χ3n) is 1.38. The third kappa shape index (κ3) is 5.09. The molecule has 0 heterocycles. The van der Waals surface area contributed by atoms with Crippen LogP contribution in [0.15, 0.2) is 0 Å². The van der Waals surface area contributed by atoms with Crippen LogP contribution < -0.4 is 5.32 Å². The minimum absolute atomic E-state index is 0.306. The van der Waals surface area contributed by atoms with E-state index in [-0.39, 0.29) is 12.8 Å². The zero-order valence-electron chi connectivity index (χ0n) is 7.27. The topological polar surface area (TPSA) is 124 Å². The summed E-state index contributed by atoms with van der Waals surface area (Å²) in [5.41, 5.74) is 0. The number of rotatable bonds is 6. The normalized spacial score (nSPS) is 11.8. The van der Waals surface area contributed by atoms with Gasteiger partial charge in [-0.3, -0.25) is 9.59 Å². The predicted octanol–water partition coefficient (Wildman–Crippen LogP) is -1.59. The van der Waals surface area contributed by atoms with E-state index in [1.807, 2.05) is 5.32 Å². The van der Waals surface area contributed by atoms with Crippen LogP contribution in [0.3, 0.4) is 0 Å². The summed E-state index contributed by atoms with van der Waals surface area (Å²) in [5.74, 6) is -3.22. The number of carboxylic acids is 2. The fraction of sp³-hybridized carbons (Fsp3) is 0.571. The molecule has 1 atom stereocenters. The van der Waals surface area contributed by atoms with Gasteiger partial charge in [0.05, 0.1) is 13.0 Å². The molecule has 7 heteroatoms. The molecule has 0 rings (SSSR count). The number of nitrogens with one attached hydrogen (secondary N) is 1. The van der Waals surface area contributed by atoms with Gasteiger partial charge in [0.2, 0.25) is 5.91 Å². The average molecular weight is 205 g/mol. The first-order chi connectivity index (χ1) is 6.47. The van der Waals surface area contributed by atoms with Crippen LogP contribution in [0.25, 0.3) is 0 Å². The van der Waals surface area contributed by atoms with E-state index >= 15 is 0 Å². The van der Waals surface area contributed by atoms with Crippen LogP contribution in [0.5, 0.6) is 0 Å². The molecule has 0 aromatic rings. The summed E-state index contributed by atoms with van der Waals surface area (Å²) in [5, 5.41) is 27.1. The molecule has 0 aromatic carbocycles. The Kier molecular flexibility index (Phi) is 5.23. The fourth-order valence-corrected chi connectivity index (χ4v) is 0.672. The third-order valence-corrected chi connectivity index (χ3v) is 1.38. The molecule has 14 heavy (non-hydrogen) atoms. The Balaban J connectivity index is 3.91. The van der Waals surface area contributed by atoms with E-state index in [1.165, 1.54) is 0 Å². The molecule has 7 nitrogen and oxygen atoms in total. The van der Waals surface area contributed by atoms with Gasteiger partial charge >= 0.3 is 11.9 Å². The lowest BCUT2D eigenvalue weighted by Crippen LogP contribution is -2.43. The van der Waals surface area contributed by atoms with Gasteiger partial charge in [0.15, 0.2) is 0 Å². The number of carbonyl (C=O) groups excluding carboxylic acids is 1. The molecule has 0 aromatic heterocycles. The first kappa shape index (κ1) is 12.4. The highest BCUT2D eigenvalue weighted by Crippen LogP contribution is 1.91. The second kappa shape index (κ2) is 5.92. The van der Waals surface area contributed by atoms with Gasteiger partial charge in [-0.1, -0.05) is 0 Å². The van der Waals surface area contributed by atoms with E-state index in [2.05, 4.69) is 0 Å². The largest absolute Gasteiger partial charge is 0.481 e. The maximum atomic E-state index is 10.9. The van der Waals surface area contributed by atoms with Gasteiger partial charge in [0.1, 0.15) is 6.04 Å². The van der Waals surface area contributed by atoms with Gasteiger partial charge in [-0.05, 0) is 0 Å². The molecule has 0 saturated carbocycles. The van der Waals surface area contributed by atoms with E-state index in [4.69, 9.17) is 15.3 Å². The summed E-state index contributed by atoms with van der Waals surface area (Å²) < 4.78 is 0. The van der Waals surface area contributed by atoms with E-state index < -0.39 is 30.5 Å². The Bertz CT molecular complexity index is 238. The molecule has 0 saturated heterocycles. The average Bonchev–Trinajstić information content (AvgIpc) is 2.10. The standard InChI is InChI=1S/C7H11NO6/c9-3-4(7(13)14)8-5(10)1-2-6(11)12/h4,9H,1-3H2,(H,8,10)(H,11,12)(H,13,14). The van der Waals surface area contributed by atoms with Crippen LogP contribution in [-0.4, -0.2) is 45.8 Å². The van der Waals surface area contributed by atoms with E-state index in [0.717, 1.165) is 0 Å². The molecule has 0 spiro atoms. The van der Waals surface area contributed by atoms with Gasteiger partial charge in [-0.15, -0.1) is 0 Å². The molecule has 0 bridgehead atoms. The zero-order valence-corrected chi connectivity index (χ0v) is 7.27. The van der Waals surface area contributed by atoms with Gasteiger partial charge in [0, 0.05) is 6.42 Å². The van der Waals surface area contributed by atoms with E-state index in [1.54, 1.807) is 0 Å². The van der Waals surface area contributed by atoms with Crippen molar-refractivity contribution >= 4 is 17.8 Å². The van der Waals surface area contributed by atoms with Crippen molar-refractivity contribution in [1.82, 2.24) is 5.32 Å². The molecule has 0 aliphatic rings. The number of aliphatic hydroxyl groups excluding tert-OH is 1. The number of hydrogen-bond donors (Lipinski definition) is 4. The first-order valence-corrected chi connectivity index (χ1v) is 3.82. The number of carbonyl (C=O) groups is 3. The zero-order chi connectivity index (χ0) is 11.1. The SMILES string of the molecule is O=C(O)CCC(=O)NC(CO)C(=O)O. The Morgan fingerprint density at radius 1 is 1.14 bits per heavy atom. The number of aliphatic hydroxyl groups is 1. The highest BCUT2D eigenvalue weighted by molar-refractivity contribution is 5.85. The molecular weight excluding hydrogens is 194 g/mol. The first-order valence-electron chi connectivity index (χ1n) is 3.82. The quantitative estimate of drug-likeness (QED) is 0.414. The second-order valence-electron chi connectivity index (χ2n) is 2.53. The van der Waals surface area contributed by atoms with Gasteiger partial charge < -0.3 is 20.6 Å². The van der Waals surface area contributed by atoms with Crippen LogP contribution in [-0.2, 0) is 14.4 Å². The maximum Gasteiger partial charge on any atom is 0.328 e. The molecule has 0 aliphatic carbocycles. The van der Waals surface area contributed by atoms with Crippen molar-refractivity contribution in [1.29, 1.82) is 0 Å². The van der Waals surface area contributed by atoms with Crippen LogP contribution >= 0.6 is 0 Å². The summed E-state index contributed by atoms with van der Waals surface area (Å²) in [7, 11) is 0. The van der Waals surface area contributed by atoms with Gasteiger partial charge in [-0.25, -0.2) is 4.79 Å². The number of carboxylic acid groups (broad SMARTS) is 2. The monoisotopic (exact) mass is 205 g/mol. The fourth-order valence-electron chi connectivity index (χ4n) is 0.672. The Morgan fingerprint density at radius 3 is 2.07 bits per heavy atom. The van der Waals surface area contributed by atoms with Crippen molar-refractivity contribution in [3.8, 4) is 0 Å². The van der Waals surface area contributed by atoms with Crippen molar-refractivity contribution in [2.75, 3.05) is 6.61 Å². The minimum atomic E-state index is -1.38. The lowest BCUT2D eigenvalue weighted by atomic mass is 10.2. The second-order valence-corrected chi connectivity index (χ2v) is 2.53. The maximum absolute atomic E-state index is 10.9. The number of aliphatic carboxylic acids is 2. The van der Waals surface area contributed by atoms with Crippen molar-refractivity contribution in [3.63, 3.8) is 0 Å². The minimum Gasteiger partial charge on any atom is -0.481 e. The smallest absolute Gasteiger partial charge is 0.328 e. The molecule has 0 fully saturated rings. The Morgan fingerprint density at radius 2 is 1.71 bits per heavy atom. The molecule has 0 radical (unpaired) electrons. The van der Waals surface area contributed by atoms with E-state index in [9.17, 15) is 14.4 Å². The lowest BCUT2D eigenvalue weighted by molar-refractivity contribution is -0.143. The molecule has 0 aliphatic heterocycles. The molecular formula is C7H11NO6. The highest BCUT2D eigenvalue weighted by atomic mass is 16.4. The summed E-state index contributed by atoms with van der Waals surface area (Å²) in [6.45, 7) is -0.728. The summed E-state index contributed by atoms with van der Waals surface area (Å²) in [4.78, 5) is 31.2. The Labute approximate surface area is 79.3 Å². The summed E-state index contributed by atoms with van der Waals surface area (Å²) in [6, 6.07) is -1.38. The van der Waals surface area contributed by atoms with Gasteiger partial charge in [0.25, 0.3) is 0 Å². The Hall–Kier alpha value is -1.63. The van der Waals surface area contributed by atoms with Crippen LogP contribution in [0, 0.1) is 0 Å². The van der Waals surface area contributed by atoms with Crippen molar-refractivity contribution in [2.24, 2.45) is 0 Å². The van der Waals surface area contributed by atoms with Crippen LogP contribution in [0.4, 0.5) is 0 Å². The molecule has 1 amide bonds. The predicted molar refractivity (Wildman–Crippen MR) is 43.5 cm³/mol. The molecule has 4 N–H and O–H groups in total. The van der Waals surface area contributed by atoms with Crippen molar-refractivity contribution < 1.29 is 29.7 Å². The summed E-state index contributed by atoms with van der Waals surface area (Å²) >= 11 is 0. The van der Waals surface area contributed by atoms with Crippen LogP contribution in [0.1, 0.15) is 12.8 Å². The summed E-state index contributed by atoms with van der Waals surface area (Å²) in [6.07, 6.45) is -0.678. The molecule has 80 valence electrons. The van der Waals surface area contributed by atoms with Gasteiger partial charge in [-0.2, -0.15) is 0 Å². The highest BCUT2D eigenvalue weighted by Gasteiger charge is 2.18. The number of hydrogen-bond acceptors (Lipinski definition) is 4. The van der Waals surface area contributed by atoms with E-state index in [0.29, 0.717) is 0 Å².